The lowest BCUT2D eigenvalue weighted by molar-refractivity contribution is -0.124. The molecule has 0 radical (unpaired) electrons. The normalized spacial score (nSPS) is 13.3. The molecular weight excluding hydrogens is 252 g/mol. The van der Waals surface area contributed by atoms with Gasteiger partial charge < -0.3 is 11.1 Å². The Morgan fingerprint density at radius 2 is 2.15 bits per heavy atom. The molecule has 1 heterocycles. The smallest absolute Gasteiger partial charge is 0.224 e. The van der Waals surface area contributed by atoms with Crippen molar-refractivity contribution in [3.8, 4) is 0 Å². The lowest BCUT2D eigenvalue weighted by atomic mass is 9.86. The second-order valence-corrected chi connectivity index (χ2v) is 6.35. The van der Waals surface area contributed by atoms with Crippen LogP contribution in [0.1, 0.15) is 45.4 Å². The van der Waals surface area contributed by atoms with Gasteiger partial charge in [-0.15, -0.1) is 0 Å². The topological polar surface area (TPSA) is 72.9 Å². The standard InChI is InChI=1S/C15H28N4O/c1-6-7-17-14(20)11(9-16)8-12-10-19(5)18-13(12)15(2,3)4/h10-11H,6-9,16H2,1-5H3,(H,17,20). The highest BCUT2D eigenvalue weighted by molar-refractivity contribution is 5.79. The number of hydrogen-bond donors (Lipinski definition) is 2. The fourth-order valence-corrected chi connectivity index (χ4v) is 2.26. The van der Waals surface area contributed by atoms with Crippen LogP contribution in [0.15, 0.2) is 6.20 Å². The van der Waals surface area contributed by atoms with Gasteiger partial charge >= 0.3 is 0 Å². The van der Waals surface area contributed by atoms with E-state index in [9.17, 15) is 4.79 Å². The molecule has 1 aromatic rings. The first-order chi connectivity index (χ1) is 9.29. The van der Waals surface area contributed by atoms with E-state index in [4.69, 9.17) is 5.73 Å². The first kappa shape index (κ1) is 16.7. The zero-order chi connectivity index (χ0) is 15.3. The molecule has 0 aromatic carbocycles. The van der Waals surface area contributed by atoms with E-state index in [-0.39, 0.29) is 17.2 Å². The van der Waals surface area contributed by atoms with Crippen LogP contribution < -0.4 is 11.1 Å². The molecule has 5 heteroatoms. The summed E-state index contributed by atoms with van der Waals surface area (Å²) < 4.78 is 1.81. The molecule has 0 spiro atoms. The molecule has 1 unspecified atom stereocenters. The molecule has 1 aromatic heterocycles. The third-order valence-corrected chi connectivity index (χ3v) is 3.29. The van der Waals surface area contributed by atoms with Gasteiger partial charge in [0.05, 0.1) is 11.6 Å². The number of carbonyl (C=O) groups is 1. The molecule has 0 aliphatic carbocycles. The molecule has 1 atom stereocenters. The molecule has 0 fully saturated rings. The van der Waals surface area contributed by atoms with E-state index in [0.717, 1.165) is 17.7 Å². The largest absolute Gasteiger partial charge is 0.356 e. The molecular formula is C15H28N4O. The van der Waals surface area contributed by atoms with Crippen molar-refractivity contribution in [3.05, 3.63) is 17.5 Å². The Morgan fingerprint density at radius 1 is 1.50 bits per heavy atom. The lowest BCUT2D eigenvalue weighted by Crippen LogP contribution is -2.37. The Labute approximate surface area is 121 Å². The minimum Gasteiger partial charge on any atom is -0.356 e. The van der Waals surface area contributed by atoms with E-state index in [1.54, 1.807) is 0 Å². The zero-order valence-electron chi connectivity index (χ0n) is 13.4. The summed E-state index contributed by atoms with van der Waals surface area (Å²) in [4.78, 5) is 12.1. The minimum absolute atomic E-state index is 0.0321. The van der Waals surface area contributed by atoms with Gasteiger partial charge in [-0.3, -0.25) is 9.48 Å². The second-order valence-electron chi connectivity index (χ2n) is 6.35. The summed E-state index contributed by atoms with van der Waals surface area (Å²) in [6.45, 7) is 9.49. The van der Waals surface area contributed by atoms with E-state index in [1.165, 1.54) is 0 Å². The van der Waals surface area contributed by atoms with E-state index >= 15 is 0 Å². The van der Waals surface area contributed by atoms with Crippen LogP contribution in [0.4, 0.5) is 0 Å². The molecule has 1 rings (SSSR count). The van der Waals surface area contributed by atoms with Gasteiger partial charge in [-0.2, -0.15) is 5.10 Å². The molecule has 0 aliphatic heterocycles. The maximum atomic E-state index is 12.1. The van der Waals surface area contributed by atoms with Crippen LogP contribution in [-0.2, 0) is 23.7 Å². The molecule has 0 bridgehead atoms. The summed E-state index contributed by atoms with van der Waals surface area (Å²) in [6.07, 6.45) is 3.58. The van der Waals surface area contributed by atoms with Crippen molar-refractivity contribution < 1.29 is 4.79 Å². The highest BCUT2D eigenvalue weighted by Gasteiger charge is 2.25. The number of nitrogens with zero attached hydrogens (tertiary/aromatic N) is 2. The Morgan fingerprint density at radius 3 is 2.65 bits per heavy atom. The number of amides is 1. The maximum absolute atomic E-state index is 12.1. The van der Waals surface area contributed by atoms with Crippen LogP contribution >= 0.6 is 0 Å². The lowest BCUT2D eigenvalue weighted by Gasteiger charge is -2.20. The van der Waals surface area contributed by atoms with Crippen molar-refractivity contribution >= 4 is 5.91 Å². The number of aryl methyl sites for hydroxylation is 1. The SMILES string of the molecule is CCCNC(=O)C(CN)Cc1cn(C)nc1C(C)(C)C. The summed E-state index contributed by atoms with van der Waals surface area (Å²) in [5.41, 5.74) is 7.90. The third kappa shape index (κ3) is 4.34. The number of nitrogens with one attached hydrogen (secondary N) is 1. The molecule has 5 nitrogen and oxygen atoms in total. The van der Waals surface area contributed by atoms with Gasteiger partial charge in [0.25, 0.3) is 0 Å². The van der Waals surface area contributed by atoms with E-state index < -0.39 is 0 Å². The molecule has 20 heavy (non-hydrogen) atoms. The highest BCUT2D eigenvalue weighted by atomic mass is 16.1. The summed E-state index contributed by atoms with van der Waals surface area (Å²) >= 11 is 0. The fraction of sp³-hybridized carbons (Fsp3) is 0.733. The van der Waals surface area contributed by atoms with E-state index in [0.29, 0.717) is 19.5 Å². The van der Waals surface area contributed by atoms with Crippen LogP contribution in [-0.4, -0.2) is 28.8 Å². The van der Waals surface area contributed by atoms with Gasteiger partial charge in [0, 0.05) is 31.7 Å². The Balaban J connectivity index is 2.87. The highest BCUT2D eigenvalue weighted by Crippen LogP contribution is 2.25. The molecule has 0 saturated carbocycles. The van der Waals surface area contributed by atoms with Crippen molar-refractivity contribution in [2.75, 3.05) is 13.1 Å². The van der Waals surface area contributed by atoms with E-state index in [2.05, 4.69) is 31.2 Å². The van der Waals surface area contributed by atoms with Crippen LogP contribution in [0.25, 0.3) is 0 Å². The first-order valence-electron chi connectivity index (χ1n) is 7.30. The monoisotopic (exact) mass is 280 g/mol. The van der Waals surface area contributed by atoms with Crippen molar-refractivity contribution in [1.82, 2.24) is 15.1 Å². The van der Waals surface area contributed by atoms with Crippen LogP contribution in [0.5, 0.6) is 0 Å². The summed E-state index contributed by atoms with van der Waals surface area (Å²) in [7, 11) is 1.91. The average Bonchev–Trinajstić information content (AvgIpc) is 2.74. The average molecular weight is 280 g/mol. The van der Waals surface area contributed by atoms with E-state index in [1.807, 2.05) is 24.9 Å². The van der Waals surface area contributed by atoms with Gasteiger partial charge in [-0.25, -0.2) is 0 Å². The summed E-state index contributed by atoms with van der Waals surface area (Å²) in [5, 5.41) is 7.46. The van der Waals surface area contributed by atoms with Gasteiger partial charge in [-0.1, -0.05) is 27.7 Å². The Kier molecular flexibility index (Phi) is 5.74. The predicted octanol–water partition coefficient (Wildman–Crippen LogP) is 1.36. The quantitative estimate of drug-likeness (QED) is 0.826. The molecule has 0 saturated heterocycles. The number of carbonyl (C=O) groups excluding carboxylic acids is 1. The maximum Gasteiger partial charge on any atom is 0.224 e. The Bertz CT molecular complexity index is 445. The van der Waals surface area contributed by atoms with Crippen molar-refractivity contribution in [3.63, 3.8) is 0 Å². The van der Waals surface area contributed by atoms with Crippen molar-refractivity contribution in [1.29, 1.82) is 0 Å². The van der Waals surface area contributed by atoms with Gasteiger partial charge in [0.15, 0.2) is 0 Å². The Hall–Kier alpha value is -1.36. The summed E-state index contributed by atoms with van der Waals surface area (Å²) in [5.74, 6) is -0.148. The predicted molar refractivity (Wildman–Crippen MR) is 81.5 cm³/mol. The number of nitrogens with two attached hydrogens (primary N) is 1. The zero-order valence-corrected chi connectivity index (χ0v) is 13.4. The number of aromatic nitrogens is 2. The first-order valence-corrected chi connectivity index (χ1v) is 7.30. The molecule has 1 amide bonds. The van der Waals surface area contributed by atoms with Gasteiger partial charge in [0.2, 0.25) is 5.91 Å². The molecule has 114 valence electrons. The minimum atomic E-state index is -0.188. The van der Waals surface area contributed by atoms with Gasteiger partial charge in [0.1, 0.15) is 0 Å². The molecule has 3 N–H and O–H groups in total. The number of hydrogen-bond acceptors (Lipinski definition) is 3. The molecule has 0 aliphatic rings. The fourth-order valence-electron chi connectivity index (χ4n) is 2.26. The van der Waals surface area contributed by atoms with Crippen LogP contribution in [0.3, 0.4) is 0 Å². The van der Waals surface area contributed by atoms with Gasteiger partial charge in [-0.05, 0) is 18.4 Å². The van der Waals surface area contributed by atoms with Crippen molar-refractivity contribution in [2.45, 2.75) is 46.0 Å². The second kappa shape index (κ2) is 6.88. The van der Waals surface area contributed by atoms with Crippen molar-refractivity contribution in [2.24, 2.45) is 18.7 Å². The number of rotatable bonds is 6. The van der Waals surface area contributed by atoms with Crippen LogP contribution in [0, 0.1) is 5.92 Å². The summed E-state index contributed by atoms with van der Waals surface area (Å²) in [6, 6.07) is 0. The van der Waals surface area contributed by atoms with Crippen LogP contribution in [0.2, 0.25) is 0 Å². The third-order valence-electron chi connectivity index (χ3n) is 3.29.